The molecule has 0 radical (unpaired) electrons. The molecule has 4 nitrogen and oxygen atoms in total. The normalized spacial score (nSPS) is 20.5. The highest BCUT2D eigenvalue weighted by molar-refractivity contribution is 5.90. The summed E-state index contributed by atoms with van der Waals surface area (Å²) >= 11 is 0. The SMILES string of the molecule is O=C(NC1CC1)C1CCCN(C(=O)Cc2cccc3ccccc23)C1. The van der Waals surface area contributed by atoms with Gasteiger partial charge in [0.15, 0.2) is 0 Å². The number of fused-ring (bicyclic) bond motifs is 1. The van der Waals surface area contributed by atoms with Crippen LogP contribution in [-0.4, -0.2) is 35.8 Å². The average molecular weight is 336 g/mol. The van der Waals surface area contributed by atoms with E-state index in [9.17, 15) is 9.59 Å². The van der Waals surface area contributed by atoms with Gasteiger partial charge < -0.3 is 10.2 Å². The highest BCUT2D eigenvalue weighted by Crippen LogP contribution is 2.24. The second kappa shape index (κ2) is 6.87. The van der Waals surface area contributed by atoms with Crippen LogP contribution in [0.2, 0.25) is 0 Å². The van der Waals surface area contributed by atoms with Crippen LogP contribution in [0.1, 0.15) is 31.2 Å². The molecule has 2 aromatic rings. The molecule has 1 unspecified atom stereocenters. The Morgan fingerprint density at radius 3 is 2.68 bits per heavy atom. The maximum atomic E-state index is 12.8. The minimum Gasteiger partial charge on any atom is -0.353 e. The smallest absolute Gasteiger partial charge is 0.227 e. The van der Waals surface area contributed by atoms with Gasteiger partial charge in [-0.25, -0.2) is 0 Å². The Labute approximate surface area is 148 Å². The van der Waals surface area contributed by atoms with Crippen LogP contribution in [0.3, 0.4) is 0 Å². The van der Waals surface area contributed by atoms with Crippen LogP contribution in [0.5, 0.6) is 0 Å². The predicted molar refractivity (Wildman–Crippen MR) is 98.1 cm³/mol. The molecule has 1 aliphatic heterocycles. The van der Waals surface area contributed by atoms with Crippen molar-refractivity contribution in [2.45, 2.75) is 38.1 Å². The van der Waals surface area contributed by atoms with Crippen molar-refractivity contribution < 1.29 is 9.59 Å². The fourth-order valence-electron chi connectivity index (χ4n) is 3.69. The second-order valence-electron chi connectivity index (χ2n) is 7.28. The van der Waals surface area contributed by atoms with Gasteiger partial charge in [0.25, 0.3) is 0 Å². The summed E-state index contributed by atoms with van der Waals surface area (Å²) in [4.78, 5) is 27.0. The van der Waals surface area contributed by atoms with E-state index in [1.54, 1.807) is 0 Å². The maximum absolute atomic E-state index is 12.8. The Bertz CT molecular complexity index is 792. The Kier molecular flexibility index (Phi) is 4.43. The minimum atomic E-state index is -0.0502. The van der Waals surface area contributed by atoms with E-state index in [-0.39, 0.29) is 17.7 Å². The minimum absolute atomic E-state index is 0.0502. The van der Waals surface area contributed by atoms with E-state index < -0.39 is 0 Å². The fraction of sp³-hybridized carbons (Fsp3) is 0.429. The number of hydrogen-bond donors (Lipinski definition) is 1. The van der Waals surface area contributed by atoms with Crippen molar-refractivity contribution in [2.24, 2.45) is 5.92 Å². The third kappa shape index (κ3) is 3.68. The fourth-order valence-corrected chi connectivity index (χ4v) is 3.69. The number of benzene rings is 2. The highest BCUT2D eigenvalue weighted by atomic mass is 16.2. The molecule has 25 heavy (non-hydrogen) atoms. The summed E-state index contributed by atoms with van der Waals surface area (Å²) in [6.45, 7) is 1.32. The second-order valence-corrected chi connectivity index (χ2v) is 7.28. The summed E-state index contributed by atoms with van der Waals surface area (Å²) in [5.41, 5.74) is 1.06. The van der Waals surface area contributed by atoms with Gasteiger partial charge in [-0.15, -0.1) is 0 Å². The number of rotatable bonds is 4. The first kappa shape index (κ1) is 16.1. The van der Waals surface area contributed by atoms with Gasteiger partial charge in [-0.1, -0.05) is 42.5 Å². The molecule has 2 fully saturated rings. The van der Waals surface area contributed by atoms with Gasteiger partial charge in [0, 0.05) is 19.1 Å². The van der Waals surface area contributed by atoms with E-state index in [4.69, 9.17) is 0 Å². The zero-order valence-corrected chi connectivity index (χ0v) is 14.4. The van der Waals surface area contributed by atoms with Crippen LogP contribution in [0.4, 0.5) is 0 Å². The van der Waals surface area contributed by atoms with Crippen LogP contribution in [0, 0.1) is 5.92 Å². The number of nitrogens with zero attached hydrogens (tertiary/aromatic N) is 1. The zero-order chi connectivity index (χ0) is 17.2. The van der Waals surface area contributed by atoms with Crippen molar-refractivity contribution in [1.29, 1.82) is 0 Å². The molecule has 1 atom stereocenters. The molecule has 0 aromatic heterocycles. The molecule has 1 heterocycles. The standard InChI is InChI=1S/C21H24N2O2/c24-20(13-16-7-3-6-15-5-1-2-9-19(15)16)23-12-4-8-17(14-23)21(25)22-18-10-11-18/h1-3,5-7,9,17-18H,4,8,10-14H2,(H,22,25). The molecule has 4 rings (SSSR count). The molecule has 2 amide bonds. The monoisotopic (exact) mass is 336 g/mol. The lowest BCUT2D eigenvalue weighted by Crippen LogP contribution is -2.46. The first-order chi connectivity index (χ1) is 12.2. The molecule has 1 aliphatic carbocycles. The van der Waals surface area contributed by atoms with Crippen molar-refractivity contribution >= 4 is 22.6 Å². The summed E-state index contributed by atoms with van der Waals surface area (Å²) in [7, 11) is 0. The van der Waals surface area contributed by atoms with E-state index in [1.807, 2.05) is 29.2 Å². The van der Waals surface area contributed by atoms with Gasteiger partial charge >= 0.3 is 0 Å². The Hall–Kier alpha value is -2.36. The highest BCUT2D eigenvalue weighted by Gasteiger charge is 2.31. The van der Waals surface area contributed by atoms with Crippen LogP contribution < -0.4 is 5.32 Å². The van der Waals surface area contributed by atoms with Crippen LogP contribution in [-0.2, 0) is 16.0 Å². The quantitative estimate of drug-likeness (QED) is 0.933. The lowest BCUT2D eigenvalue weighted by molar-refractivity contribution is -0.135. The van der Waals surface area contributed by atoms with E-state index in [0.717, 1.165) is 48.6 Å². The van der Waals surface area contributed by atoms with Crippen molar-refractivity contribution in [2.75, 3.05) is 13.1 Å². The zero-order valence-electron chi connectivity index (χ0n) is 14.4. The first-order valence-corrected chi connectivity index (χ1v) is 9.25. The third-order valence-corrected chi connectivity index (χ3v) is 5.29. The number of hydrogen-bond acceptors (Lipinski definition) is 2. The van der Waals surface area contributed by atoms with E-state index in [0.29, 0.717) is 19.0 Å². The molecule has 130 valence electrons. The predicted octanol–water partition coefficient (Wildman–Crippen LogP) is 2.90. The molecule has 0 bridgehead atoms. The number of amides is 2. The number of carbonyl (C=O) groups excluding carboxylic acids is 2. The molecule has 4 heteroatoms. The molecule has 2 aliphatic rings. The molecule has 2 aromatic carbocycles. The van der Waals surface area contributed by atoms with Gasteiger partial charge in [-0.2, -0.15) is 0 Å². The first-order valence-electron chi connectivity index (χ1n) is 9.25. The van der Waals surface area contributed by atoms with Crippen LogP contribution in [0.15, 0.2) is 42.5 Å². The van der Waals surface area contributed by atoms with Gasteiger partial charge in [0.1, 0.15) is 0 Å². The lowest BCUT2D eigenvalue weighted by Gasteiger charge is -2.32. The largest absolute Gasteiger partial charge is 0.353 e. The van der Waals surface area contributed by atoms with E-state index >= 15 is 0 Å². The number of nitrogens with one attached hydrogen (secondary N) is 1. The van der Waals surface area contributed by atoms with E-state index in [2.05, 4.69) is 23.5 Å². The van der Waals surface area contributed by atoms with Gasteiger partial charge in [-0.05, 0) is 42.0 Å². The molecular formula is C21H24N2O2. The Morgan fingerprint density at radius 2 is 1.84 bits per heavy atom. The van der Waals surface area contributed by atoms with Crippen molar-refractivity contribution in [3.8, 4) is 0 Å². The molecule has 1 saturated heterocycles. The molecule has 1 saturated carbocycles. The molecule has 0 spiro atoms. The van der Waals surface area contributed by atoms with Gasteiger partial charge in [0.2, 0.25) is 11.8 Å². The Balaban J connectivity index is 1.44. The summed E-state index contributed by atoms with van der Waals surface area (Å²) in [6.07, 6.45) is 4.39. The van der Waals surface area contributed by atoms with Crippen molar-refractivity contribution in [3.05, 3.63) is 48.0 Å². The Morgan fingerprint density at radius 1 is 1.04 bits per heavy atom. The molecule has 1 N–H and O–H groups in total. The third-order valence-electron chi connectivity index (χ3n) is 5.29. The lowest BCUT2D eigenvalue weighted by atomic mass is 9.96. The average Bonchev–Trinajstić information content (AvgIpc) is 3.46. The van der Waals surface area contributed by atoms with Crippen LogP contribution in [0.25, 0.3) is 10.8 Å². The van der Waals surface area contributed by atoms with Crippen molar-refractivity contribution in [3.63, 3.8) is 0 Å². The summed E-state index contributed by atoms with van der Waals surface area (Å²) < 4.78 is 0. The summed E-state index contributed by atoms with van der Waals surface area (Å²) in [5.74, 6) is 0.205. The maximum Gasteiger partial charge on any atom is 0.227 e. The summed E-state index contributed by atoms with van der Waals surface area (Å²) in [6, 6.07) is 14.7. The number of likely N-dealkylation sites (tertiary alicyclic amines) is 1. The van der Waals surface area contributed by atoms with E-state index in [1.165, 1.54) is 0 Å². The number of piperidine rings is 1. The van der Waals surface area contributed by atoms with Gasteiger partial charge in [0.05, 0.1) is 12.3 Å². The van der Waals surface area contributed by atoms with Crippen molar-refractivity contribution in [1.82, 2.24) is 10.2 Å². The van der Waals surface area contributed by atoms with Crippen LogP contribution >= 0.6 is 0 Å². The van der Waals surface area contributed by atoms with Gasteiger partial charge in [-0.3, -0.25) is 9.59 Å². The summed E-state index contributed by atoms with van der Waals surface area (Å²) in [5, 5.41) is 5.38. The number of carbonyl (C=O) groups is 2. The topological polar surface area (TPSA) is 49.4 Å². The molecular weight excluding hydrogens is 312 g/mol.